The Morgan fingerprint density at radius 2 is 1.62 bits per heavy atom. The summed E-state index contributed by atoms with van der Waals surface area (Å²) in [6, 6.07) is -1.16. The summed E-state index contributed by atoms with van der Waals surface area (Å²) in [5.74, 6) is -8.20. The van der Waals surface area contributed by atoms with E-state index in [1.165, 1.54) is 12.0 Å². The van der Waals surface area contributed by atoms with E-state index in [2.05, 4.69) is 0 Å². The minimum absolute atomic E-state index is 0.00584. The molecule has 1 aliphatic carbocycles. The molecule has 384 valence electrons. The minimum Gasteiger partial charge on any atom is -0.460 e. The Morgan fingerprint density at radius 1 is 0.882 bits per heavy atom. The van der Waals surface area contributed by atoms with Crippen molar-refractivity contribution in [1.82, 2.24) is 4.90 Å². The molecular weight excluding hydrogens is 875 g/mol. The normalized spacial score (nSPS) is 39.2. The zero-order valence-electron chi connectivity index (χ0n) is 42.2. The molecule has 1 amide bonds. The number of methoxy groups -OCH3 is 2. The number of rotatable bonds is 9. The van der Waals surface area contributed by atoms with E-state index >= 15 is 0 Å². The van der Waals surface area contributed by atoms with Gasteiger partial charge < -0.3 is 49.0 Å². The third-order valence-electron chi connectivity index (χ3n) is 14.8. The first-order chi connectivity index (χ1) is 32.2. The van der Waals surface area contributed by atoms with Gasteiger partial charge in [-0.15, -0.1) is 0 Å². The van der Waals surface area contributed by atoms with Gasteiger partial charge in [0.05, 0.1) is 24.4 Å². The van der Waals surface area contributed by atoms with Gasteiger partial charge in [0, 0.05) is 64.6 Å². The number of hydrogen-bond donors (Lipinski definition) is 4. The van der Waals surface area contributed by atoms with Gasteiger partial charge in [0.1, 0.15) is 30.1 Å². The first-order valence-corrected chi connectivity index (χ1v) is 25.1. The number of allylic oxidation sites excluding steroid dienone is 6. The molecule has 2 bridgehead atoms. The molecule has 15 heteroatoms. The van der Waals surface area contributed by atoms with Crippen LogP contribution in [-0.4, -0.2) is 143 Å². The second-order valence-electron chi connectivity index (χ2n) is 20.3. The number of aliphatic hydroxyl groups is 4. The van der Waals surface area contributed by atoms with Crippen LogP contribution in [0.25, 0.3) is 0 Å². The highest BCUT2D eigenvalue weighted by atomic mass is 16.6. The Balaban J connectivity index is 1.72. The van der Waals surface area contributed by atoms with Crippen molar-refractivity contribution in [3.63, 3.8) is 0 Å². The smallest absolute Gasteiger partial charge is 0.329 e. The number of esters is 1. The molecule has 2 saturated heterocycles. The summed E-state index contributed by atoms with van der Waals surface area (Å²) in [6.45, 7) is 12.8. The number of fused-ring (bicyclic) bond motifs is 3. The third kappa shape index (κ3) is 15.5. The van der Waals surface area contributed by atoms with Crippen molar-refractivity contribution >= 4 is 29.2 Å². The standard InChI is InChI=1S/C53H83NO14/c1-32-16-11-10-12-17-33(2)44(66-25-15-24-55)30-40-21-19-38(7)53(63,68-40)50(60)51(61)54-23-14-13-18-41(54)52(62)67-45(35(4)28-39-20-22-42(56)46(29-39)64-8)31-43(57)34(3)27-37(6)48(59)49(65-9)47(58)36(5)26-32/h10-12,16-17,27,32,34-36,38-42,44-46,48-49,55-56,59,63H,13-15,18-26,28-31H2,1-9H3/b12-10+,16-11+,33-17+,37-27+/t32-,34-,35-,36-,38-,39+,40+,41+,42-,44+,45+,46-,48-,49+,53-/m1/s1. The summed E-state index contributed by atoms with van der Waals surface area (Å²) in [5, 5.41) is 43.5. The van der Waals surface area contributed by atoms with Gasteiger partial charge >= 0.3 is 5.97 Å². The molecule has 1 saturated carbocycles. The summed E-state index contributed by atoms with van der Waals surface area (Å²) < 4.78 is 29.8. The molecule has 4 rings (SSSR count). The average Bonchev–Trinajstić information content (AvgIpc) is 3.31. The maximum absolute atomic E-state index is 14.4. The summed E-state index contributed by atoms with van der Waals surface area (Å²) in [5.41, 5.74) is 1.21. The quantitative estimate of drug-likeness (QED) is 0.0913. The van der Waals surface area contributed by atoms with Crippen LogP contribution in [0.15, 0.2) is 47.6 Å². The lowest BCUT2D eigenvalue weighted by atomic mass is 9.78. The summed E-state index contributed by atoms with van der Waals surface area (Å²) in [4.78, 5) is 72.1. The zero-order valence-corrected chi connectivity index (χ0v) is 42.2. The Bertz CT molecular complexity index is 1810. The maximum Gasteiger partial charge on any atom is 0.329 e. The van der Waals surface area contributed by atoms with Crippen molar-refractivity contribution in [3.8, 4) is 0 Å². The Hall–Kier alpha value is -3.41. The van der Waals surface area contributed by atoms with Crippen LogP contribution < -0.4 is 0 Å². The van der Waals surface area contributed by atoms with E-state index in [1.807, 2.05) is 51.2 Å². The summed E-state index contributed by atoms with van der Waals surface area (Å²) >= 11 is 0. The average molecular weight is 958 g/mol. The van der Waals surface area contributed by atoms with Crippen LogP contribution in [0.5, 0.6) is 0 Å². The van der Waals surface area contributed by atoms with Gasteiger partial charge in [0.2, 0.25) is 5.79 Å². The van der Waals surface area contributed by atoms with Gasteiger partial charge in [0.15, 0.2) is 5.78 Å². The Kier molecular flexibility index (Phi) is 22.9. The fourth-order valence-electron chi connectivity index (χ4n) is 10.3. The molecule has 0 unspecified atom stereocenters. The lowest BCUT2D eigenvalue weighted by Crippen LogP contribution is -2.61. The van der Waals surface area contributed by atoms with Gasteiger partial charge in [-0.2, -0.15) is 0 Å². The molecule has 68 heavy (non-hydrogen) atoms. The van der Waals surface area contributed by atoms with E-state index in [-0.39, 0.29) is 74.4 Å². The number of aliphatic hydroxyl groups excluding tert-OH is 3. The van der Waals surface area contributed by atoms with Gasteiger partial charge in [-0.25, -0.2) is 4.79 Å². The van der Waals surface area contributed by atoms with Crippen LogP contribution in [0.1, 0.15) is 132 Å². The monoisotopic (exact) mass is 958 g/mol. The second-order valence-corrected chi connectivity index (χ2v) is 20.3. The first-order valence-electron chi connectivity index (χ1n) is 25.1. The molecule has 3 fully saturated rings. The number of ketones is 3. The number of ether oxygens (including phenoxy) is 5. The zero-order chi connectivity index (χ0) is 50.3. The molecule has 3 heterocycles. The topological polar surface area (TPSA) is 216 Å². The van der Waals surface area contributed by atoms with Crippen LogP contribution >= 0.6 is 0 Å². The predicted octanol–water partition coefficient (Wildman–Crippen LogP) is 5.93. The van der Waals surface area contributed by atoms with Crippen LogP contribution in [0.3, 0.4) is 0 Å². The van der Waals surface area contributed by atoms with Crippen LogP contribution in [-0.2, 0) is 47.7 Å². The number of nitrogens with zero attached hydrogens (tertiary/aromatic N) is 1. The van der Waals surface area contributed by atoms with Crippen molar-refractivity contribution in [2.24, 2.45) is 35.5 Å². The Morgan fingerprint density at radius 3 is 2.31 bits per heavy atom. The van der Waals surface area contributed by atoms with E-state index < -0.39 is 83.9 Å². The number of amides is 1. The number of piperidine rings is 1. The Labute approximate surface area is 404 Å². The molecule has 3 aliphatic heterocycles. The molecule has 0 radical (unpaired) electrons. The molecule has 4 N–H and O–H groups in total. The molecule has 15 atom stereocenters. The van der Waals surface area contributed by atoms with Crippen molar-refractivity contribution in [3.05, 3.63) is 47.6 Å². The SMILES string of the molecule is CO[C@@H]1C[C@H](C[C@@H](C)[C@@H]2CC(=O)[C@H](C)/C=C(\C)[C@@H](O)[C@@H](OC)C(=O)[C@H](C)C[C@H](C)/C=C/C=C/C=C(\C)[C@@H](OCCCO)C[C@@H]3CC[C@@H](C)[C@@](O)(O3)C(=O)C(=O)N3CCCC[C@H]3C(=O)O2)CC[C@H]1O. The van der Waals surface area contributed by atoms with Gasteiger partial charge in [-0.1, -0.05) is 71.1 Å². The lowest BCUT2D eigenvalue weighted by molar-refractivity contribution is -0.266. The largest absolute Gasteiger partial charge is 0.460 e. The van der Waals surface area contributed by atoms with Gasteiger partial charge in [-0.3, -0.25) is 19.2 Å². The van der Waals surface area contributed by atoms with Gasteiger partial charge in [0.25, 0.3) is 11.7 Å². The fourth-order valence-corrected chi connectivity index (χ4v) is 10.3. The molecule has 4 aliphatic rings. The van der Waals surface area contributed by atoms with E-state index in [1.54, 1.807) is 40.9 Å². The van der Waals surface area contributed by atoms with Crippen LogP contribution in [0.4, 0.5) is 0 Å². The summed E-state index contributed by atoms with van der Waals surface area (Å²) in [7, 11) is 2.93. The molecule has 0 aromatic carbocycles. The molecule has 0 aromatic rings. The number of carbonyl (C=O) groups excluding carboxylic acids is 5. The lowest BCUT2D eigenvalue weighted by Gasteiger charge is -2.43. The van der Waals surface area contributed by atoms with E-state index in [9.17, 15) is 44.4 Å². The number of Topliss-reactive ketones (excluding diaryl/α,β-unsaturated/α-hetero) is 3. The third-order valence-corrected chi connectivity index (χ3v) is 14.8. The minimum atomic E-state index is -2.47. The van der Waals surface area contributed by atoms with E-state index in [0.717, 1.165) is 5.57 Å². The first kappa shape index (κ1) is 57.2. The van der Waals surface area contributed by atoms with Crippen molar-refractivity contribution in [1.29, 1.82) is 0 Å². The van der Waals surface area contributed by atoms with Crippen molar-refractivity contribution < 1.29 is 68.1 Å². The van der Waals surface area contributed by atoms with Crippen LogP contribution in [0, 0.1) is 35.5 Å². The van der Waals surface area contributed by atoms with Crippen LogP contribution in [0.2, 0.25) is 0 Å². The number of carbonyl (C=O) groups is 5. The highest BCUT2D eigenvalue weighted by Gasteiger charge is 2.53. The molecular formula is C53H83NO14. The maximum atomic E-state index is 14.4. The highest BCUT2D eigenvalue weighted by Crippen LogP contribution is 2.38. The van der Waals surface area contributed by atoms with E-state index in [0.29, 0.717) is 69.8 Å². The van der Waals surface area contributed by atoms with Gasteiger partial charge in [-0.05, 0) is 113 Å². The van der Waals surface area contributed by atoms with Crippen molar-refractivity contribution in [2.75, 3.05) is 34.0 Å². The summed E-state index contributed by atoms with van der Waals surface area (Å²) in [6.07, 6.45) is 11.0. The highest BCUT2D eigenvalue weighted by molar-refractivity contribution is 6.39. The molecule has 0 spiro atoms. The predicted molar refractivity (Wildman–Crippen MR) is 256 cm³/mol. The van der Waals surface area contributed by atoms with E-state index in [4.69, 9.17) is 23.7 Å². The second kappa shape index (κ2) is 27.3. The number of cyclic esters (lactones) is 1. The number of hydrogen-bond acceptors (Lipinski definition) is 14. The van der Waals surface area contributed by atoms with Crippen molar-refractivity contribution in [2.45, 2.75) is 186 Å². The fraction of sp³-hybridized carbons (Fsp3) is 0.755. The molecule has 0 aromatic heterocycles. The molecule has 15 nitrogen and oxygen atoms in total.